The Morgan fingerprint density at radius 1 is 1.25 bits per heavy atom. The van der Waals surface area contributed by atoms with Gasteiger partial charge in [-0.2, -0.15) is 4.31 Å². The number of hydrogen-bond acceptors (Lipinski definition) is 3. The van der Waals surface area contributed by atoms with E-state index >= 15 is 0 Å². The summed E-state index contributed by atoms with van der Waals surface area (Å²) in [5, 5.41) is 0. The molecule has 1 aromatic rings. The first kappa shape index (κ1) is 15.0. The summed E-state index contributed by atoms with van der Waals surface area (Å²) in [6.07, 6.45) is 2.85. The third-order valence-corrected chi connectivity index (χ3v) is 4.64. The average Bonchev–Trinajstić information content (AvgIpc) is 3.21. The number of anilines is 1. The van der Waals surface area contributed by atoms with Crippen molar-refractivity contribution in [2.75, 3.05) is 24.2 Å². The smallest absolute Gasteiger partial charge is 0.242 e. The maximum atomic E-state index is 12.4. The number of para-hydroxylation sites is 1. The maximum absolute atomic E-state index is 12.4. The third-order valence-electron chi connectivity index (χ3n) is 3.36. The Balaban J connectivity index is 2.13. The van der Waals surface area contributed by atoms with Gasteiger partial charge in [0, 0.05) is 18.3 Å². The number of likely N-dealkylation sites (N-methyl/N-ethyl adjacent to an activating group) is 1. The summed E-state index contributed by atoms with van der Waals surface area (Å²) in [4.78, 5) is 14.0. The van der Waals surface area contributed by atoms with Crippen LogP contribution in [-0.4, -0.2) is 44.0 Å². The van der Waals surface area contributed by atoms with Gasteiger partial charge in [-0.05, 0) is 31.9 Å². The average molecular weight is 296 g/mol. The van der Waals surface area contributed by atoms with E-state index in [-0.39, 0.29) is 18.5 Å². The van der Waals surface area contributed by atoms with Gasteiger partial charge in [0.05, 0.1) is 12.8 Å². The van der Waals surface area contributed by atoms with Crippen molar-refractivity contribution in [3.8, 4) is 0 Å². The van der Waals surface area contributed by atoms with Crippen LogP contribution in [-0.2, 0) is 14.8 Å². The van der Waals surface area contributed by atoms with E-state index in [4.69, 9.17) is 0 Å². The summed E-state index contributed by atoms with van der Waals surface area (Å²) in [7, 11) is -3.33. The lowest BCUT2D eigenvalue weighted by Crippen LogP contribution is -2.43. The van der Waals surface area contributed by atoms with Crippen LogP contribution in [0.15, 0.2) is 30.3 Å². The van der Waals surface area contributed by atoms with Crippen molar-refractivity contribution in [2.24, 2.45) is 0 Å². The van der Waals surface area contributed by atoms with Gasteiger partial charge in [-0.25, -0.2) is 8.42 Å². The van der Waals surface area contributed by atoms with Gasteiger partial charge in [0.15, 0.2) is 0 Å². The fraction of sp³-hybridized carbons (Fsp3) is 0.500. The quantitative estimate of drug-likeness (QED) is 0.798. The summed E-state index contributed by atoms with van der Waals surface area (Å²) >= 11 is 0. The van der Waals surface area contributed by atoms with Crippen molar-refractivity contribution in [2.45, 2.75) is 25.8 Å². The monoisotopic (exact) mass is 296 g/mol. The Hall–Kier alpha value is -1.40. The first-order valence-electron chi connectivity index (χ1n) is 6.75. The van der Waals surface area contributed by atoms with Gasteiger partial charge in [0.25, 0.3) is 0 Å². The van der Waals surface area contributed by atoms with Crippen LogP contribution in [0.3, 0.4) is 0 Å². The Morgan fingerprint density at radius 3 is 2.30 bits per heavy atom. The van der Waals surface area contributed by atoms with E-state index in [1.165, 1.54) is 4.31 Å². The molecule has 0 atom stereocenters. The molecular formula is C14H20N2O3S. The van der Waals surface area contributed by atoms with E-state index in [9.17, 15) is 13.2 Å². The van der Waals surface area contributed by atoms with Gasteiger partial charge in [0.2, 0.25) is 15.9 Å². The minimum Gasteiger partial charge on any atom is -0.312 e. The molecule has 1 amide bonds. The van der Waals surface area contributed by atoms with Crippen molar-refractivity contribution >= 4 is 21.6 Å². The molecule has 5 nitrogen and oxygen atoms in total. The van der Waals surface area contributed by atoms with Crippen LogP contribution >= 0.6 is 0 Å². The molecule has 0 aromatic heterocycles. The summed E-state index contributed by atoms with van der Waals surface area (Å²) in [6.45, 7) is 2.32. The van der Waals surface area contributed by atoms with Crippen LogP contribution in [0.4, 0.5) is 5.69 Å². The fourth-order valence-corrected chi connectivity index (χ4v) is 3.31. The predicted molar refractivity (Wildman–Crippen MR) is 79.0 cm³/mol. The molecule has 1 aliphatic rings. The molecule has 110 valence electrons. The van der Waals surface area contributed by atoms with Gasteiger partial charge in [-0.15, -0.1) is 0 Å². The minimum atomic E-state index is -3.33. The molecule has 6 heteroatoms. The maximum Gasteiger partial charge on any atom is 0.242 e. The molecule has 0 radical (unpaired) electrons. The largest absolute Gasteiger partial charge is 0.312 e. The zero-order valence-corrected chi connectivity index (χ0v) is 12.6. The Labute approximate surface area is 120 Å². The Morgan fingerprint density at radius 2 is 1.85 bits per heavy atom. The second kappa shape index (κ2) is 5.93. The van der Waals surface area contributed by atoms with E-state index < -0.39 is 10.0 Å². The zero-order chi connectivity index (χ0) is 14.8. The molecule has 2 rings (SSSR count). The van der Waals surface area contributed by atoms with Crippen LogP contribution in [0.25, 0.3) is 0 Å². The first-order chi connectivity index (χ1) is 9.43. The number of rotatable bonds is 6. The second-order valence-corrected chi connectivity index (χ2v) is 6.95. The molecule has 1 aliphatic carbocycles. The van der Waals surface area contributed by atoms with Gasteiger partial charge in [-0.3, -0.25) is 4.79 Å². The molecule has 0 spiro atoms. The molecule has 0 saturated heterocycles. The minimum absolute atomic E-state index is 0.00318. The summed E-state index contributed by atoms with van der Waals surface area (Å²) in [5.74, 6) is -0.184. The van der Waals surface area contributed by atoms with E-state index in [2.05, 4.69) is 0 Å². The second-order valence-electron chi connectivity index (χ2n) is 5.01. The van der Waals surface area contributed by atoms with Gasteiger partial charge >= 0.3 is 0 Å². The summed E-state index contributed by atoms with van der Waals surface area (Å²) in [5.41, 5.74) is 0.796. The molecule has 1 saturated carbocycles. The fourth-order valence-electron chi connectivity index (χ4n) is 2.21. The highest BCUT2D eigenvalue weighted by atomic mass is 32.2. The number of amides is 1. The molecule has 0 heterocycles. The van der Waals surface area contributed by atoms with E-state index in [0.717, 1.165) is 24.8 Å². The number of carbonyl (C=O) groups excluding carboxylic acids is 1. The highest BCUT2D eigenvalue weighted by molar-refractivity contribution is 7.88. The van der Waals surface area contributed by atoms with E-state index in [0.29, 0.717) is 6.54 Å². The molecule has 1 aromatic carbocycles. The number of sulfonamides is 1. The zero-order valence-electron chi connectivity index (χ0n) is 11.8. The summed E-state index contributed by atoms with van der Waals surface area (Å²) in [6, 6.07) is 9.31. The van der Waals surface area contributed by atoms with Gasteiger partial charge in [-0.1, -0.05) is 18.2 Å². The van der Waals surface area contributed by atoms with Crippen molar-refractivity contribution in [3.63, 3.8) is 0 Å². The van der Waals surface area contributed by atoms with Crippen molar-refractivity contribution in [1.82, 2.24) is 4.31 Å². The highest BCUT2D eigenvalue weighted by Crippen LogP contribution is 2.29. The number of benzene rings is 1. The van der Waals surface area contributed by atoms with Gasteiger partial charge in [0.1, 0.15) is 0 Å². The Kier molecular flexibility index (Phi) is 4.45. The third kappa shape index (κ3) is 3.58. The normalized spacial score (nSPS) is 15.3. The predicted octanol–water partition coefficient (Wildman–Crippen LogP) is 1.46. The molecule has 1 fully saturated rings. The Bertz CT molecular complexity index is 567. The lowest BCUT2D eigenvalue weighted by molar-refractivity contribution is -0.118. The van der Waals surface area contributed by atoms with Crippen LogP contribution in [0.5, 0.6) is 0 Å². The summed E-state index contributed by atoms with van der Waals surface area (Å²) < 4.78 is 24.8. The molecule has 20 heavy (non-hydrogen) atoms. The van der Waals surface area contributed by atoms with Crippen molar-refractivity contribution in [1.29, 1.82) is 0 Å². The van der Waals surface area contributed by atoms with E-state index in [1.54, 1.807) is 4.90 Å². The first-order valence-corrected chi connectivity index (χ1v) is 8.60. The van der Waals surface area contributed by atoms with Crippen LogP contribution in [0.2, 0.25) is 0 Å². The SMILES string of the molecule is CCN(C(=O)CN(C1CC1)S(C)(=O)=O)c1ccccc1. The van der Waals surface area contributed by atoms with Crippen LogP contribution in [0, 0.1) is 0 Å². The van der Waals surface area contributed by atoms with Crippen molar-refractivity contribution < 1.29 is 13.2 Å². The van der Waals surface area contributed by atoms with Crippen LogP contribution in [0.1, 0.15) is 19.8 Å². The topological polar surface area (TPSA) is 57.7 Å². The number of carbonyl (C=O) groups is 1. The lowest BCUT2D eigenvalue weighted by Gasteiger charge is -2.25. The van der Waals surface area contributed by atoms with E-state index in [1.807, 2.05) is 37.3 Å². The van der Waals surface area contributed by atoms with Gasteiger partial charge < -0.3 is 4.90 Å². The number of nitrogens with zero attached hydrogens (tertiary/aromatic N) is 2. The molecule has 0 N–H and O–H groups in total. The molecule has 0 unspecified atom stereocenters. The van der Waals surface area contributed by atoms with Crippen molar-refractivity contribution in [3.05, 3.63) is 30.3 Å². The lowest BCUT2D eigenvalue weighted by atomic mass is 10.3. The van der Waals surface area contributed by atoms with Crippen LogP contribution < -0.4 is 4.90 Å². The molecule has 0 bridgehead atoms. The molecular weight excluding hydrogens is 276 g/mol. The molecule has 0 aliphatic heterocycles. The number of hydrogen-bond donors (Lipinski definition) is 0. The standard InChI is InChI=1S/C14H20N2O3S/c1-3-15(12-7-5-4-6-8-12)14(17)11-16(13-9-10-13)20(2,18)19/h4-8,13H,3,9-11H2,1-2H3. The highest BCUT2D eigenvalue weighted by Gasteiger charge is 2.37.